The van der Waals surface area contributed by atoms with Crippen LogP contribution in [0.2, 0.25) is 15.1 Å². The number of hydrogen-bond acceptors (Lipinski definition) is 2. The van der Waals surface area contributed by atoms with Crippen LogP contribution in [0.25, 0.3) is 0 Å². The highest BCUT2D eigenvalue weighted by atomic mass is 35.5. The van der Waals surface area contributed by atoms with E-state index in [4.69, 9.17) is 34.8 Å². The molecule has 0 radical (unpaired) electrons. The van der Waals surface area contributed by atoms with Gasteiger partial charge in [-0.15, -0.1) is 0 Å². The highest BCUT2D eigenvalue weighted by Gasteiger charge is 2.14. The summed E-state index contributed by atoms with van der Waals surface area (Å²) in [5.41, 5.74) is 0.299. The van der Waals surface area contributed by atoms with Crippen molar-refractivity contribution in [1.82, 2.24) is 0 Å². The van der Waals surface area contributed by atoms with Crippen LogP contribution in [0.3, 0.4) is 0 Å². The molecular formula is C12H8Cl3NO2S. The molecule has 0 amide bonds. The van der Waals surface area contributed by atoms with Crippen molar-refractivity contribution in [2.24, 2.45) is 0 Å². The second-order valence-corrected chi connectivity index (χ2v) is 6.71. The average molecular weight is 337 g/mol. The lowest BCUT2D eigenvalue weighted by Crippen LogP contribution is -2.12. The van der Waals surface area contributed by atoms with Gasteiger partial charge in [0.1, 0.15) is 0 Å². The minimum absolute atomic E-state index is 0.105. The van der Waals surface area contributed by atoms with E-state index >= 15 is 0 Å². The van der Waals surface area contributed by atoms with Crippen LogP contribution in [0.15, 0.2) is 47.4 Å². The van der Waals surface area contributed by atoms with Gasteiger partial charge in [-0.05, 0) is 42.5 Å². The summed E-state index contributed by atoms with van der Waals surface area (Å²) in [4.78, 5) is 0.105. The number of halogens is 3. The average Bonchev–Trinajstić information content (AvgIpc) is 2.27. The standard InChI is InChI=1S/C12H8Cl3NO2S/c13-8-1-3-12(4-2-8)19(17,18)16-11-6-9(14)5-10(15)7-11/h1-7,16H. The lowest BCUT2D eigenvalue weighted by Gasteiger charge is -2.09. The maximum Gasteiger partial charge on any atom is 0.261 e. The highest BCUT2D eigenvalue weighted by Crippen LogP contribution is 2.25. The third kappa shape index (κ3) is 3.76. The summed E-state index contributed by atoms with van der Waals surface area (Å²) < 4.78 is 26.6. The Hall–Kier alpha value is -0.940. The molecule has 0 saturated heterocycles. The van der Waals surface area contributed by atoms with Gasteiger partial charge in [0.25, 0.3) is 10.0 Å². The van der Waals surface area contributed by atoms with Gasteiger partial charge >= 0.3 is 0 Å². The fraction of sp³-hybridized carbons (Fsp3) is 0. The van der Waals surface area contributed by atoms with E-state index in [0.717, 1.165) is 0 Å². The molecule has 100 valence electrons. The minimum atomic E-state index is -3.69. The molecule has 3 nitrogen and oxygen atoms in total. The molecule has 0 fully saturated rings. The molecule has 0 spiro atoms. The Morgan fingerprint density at radius 1 is 0.789 bits per heavy atom. The van der Waals surface area contributed by atoms with Gasteiger partial charge < -0.3 is 0 Å². The maximum atomic E-state index is 12.1. The van der Waals surface area contributed by atoms with Crippen LogP contribution < -0.4 is 4.72 Å². The molecule has 19 heavy (non-hydrogen) atoms. The van der Waals surface area contributed by atoms with Crippen molar-refractivity contribution in [3.8, 4) is 0 Å². The molecule has 0 saturated carbocycles. The van der Waals surface area contributed by atoms with Gasteiger partial charge in [-0.3, -0.25) is 4.72 Å². The van der Waals surface area contributed by atoms with Gasteiger partial charge in [-0.2, -0.15) is 0 Å². The molecule has 2 aromatic carbocycles. The number of nitrogens with one attached hydrogen (secondary N) is 1. The Morgan fingerprint density at radius 3 is 1.84 bits per heavy atom. The molecule has 2 aromatic rings. The lowest BCUT2D eigenvalue weighted by atomic mass is 10.3. The van der Waals surface area contributed by atoms with Crippen LogP contribution in [-0.4, -0.2) is 8.42 Å². The fourth-order valence-corrected chi connectivity index (χ4v) is 3.13. The maximum absolute atomic E-state index is 12.1. The van der Waals surface area contributed by atoms with E-state index in [1.807, 2.05) is 0 Å². The summed E-state index contributed by atoms with van der Waals surface area (Å²) in [6.07, 6.45) is 0. The second kappa shape index (κ2) is 5.59. The van der Waals surface area contributed by atoms with Crippen molar-refractivity contribution in [1.29, 1.82) is 0 Å². The van der Waals surface area contributed by atoms with Crippen molar-refractivity contribution < 1.29 is 8.42 Å². The zero-order valence-electron chi connectivity index (χ0n) is 9.40. The molecule has 2 rings (SSSR count). The fourth-order valence-electron chi connectivity index (χ4n) is 1.44. The molecule has 0 aliphatic heterocycles. The molecule has 0 unspecified atom stereocenters. The largest absolute Gasteiger partial charge is 0.280 e. The highest BCUT2D eigenvalue weighted by molar-refractivity contribution is 7.92. The summed E-state index contributed by atoms with van der Waals surface area (Å²) in [5, 5.41) is 1.16. The number of sulfonamides is 1. The molecule has 1 N–H and O–H groups in total. The van der Waals surface area contributed by atoms with E-state index in [9.17, 15) is 8.42 Å². The van der Waals surface area contributed by atoms with Crippen LogP contribution >= 0.6 is 34.8 Å². The topological polar surface area (TPSA) is 46.2 Å². The van der Waals surface area contributed by atoms with E-state index in [2.05, 4.69) is 4.72 Å². The van der Waals surface area contributed by atoms with Gasteiger partial charge in [0.15, 0.2) is 0 Å². The Bertz CT molecular complexity index is 679. The summed E-state index contributed by atoms with van der Waals surface area (Å²) in [6, 6.07) is 10.3. The lowest BCUT2D eigenvalue weighted by molar-refractivity contribution is 0.601. The molecule has 0 aromatic heterocycles. The van der Waals surface area contributed by atoms with E-state index in [0.29, 0.717) is 20.8 Å². The second-order valence-electron chi connectivity index (χ2n) is 3.72. The zero-order valence-corrected chi connectivity index (χ0v) is 12.5. The molecule has 0 heterocycles. The van der Waals surface area contributed by atoms with Gasteiger partial charge in [0.05, 0.1) is 10.6 Å². The third-order valence-corrected chi connectivity index (χ3v) is 4.32. The van der Waals surface area contributed by atoms with Gasteiger partial charge in [0.2, 0.25) is 0 Å². The Kier molecular flexibility index (Phi) is 4.26. The molecule has 0 aliphatic rings. The first-order chi connectivity index (χ1) is 8.87. The van der Waals surface area contributed by atoms with E-state index in [1.54, 1.807) is 0 Å². The number of rotatable bonds is 3. The smallest absolute Gasteiger partial charge is 0.261 e. The van der Waals surface area contributed by atoms with Gasteiger partial charge in [-0.25, -0.2) is 8.42 Å². The van der Waals surface area contributed by atoms with E-state index < -0.39 is 10.0 Å². The number of anilines is 1. The summed E-state index contributed by atoms with van der Waals surface area (Å²) in [7, 11) is -3.69. The van der Waals surface area contributed by atoms with Crippen LogP contribution in [0.4, 0.5) is 5.69 Å². The van der Waals surface area contributed by atoms with Crippen molar-refractivity contribution in [2.75, 3.05) is 4.72 Å². The van der Waals surface area contributed by atoms with Crippen molar-refractivity contribution in [3.63, 3.8) is 0 Å². The first-order valence-corrected chi connectivity index (χ1v) is 7.73. The SMILES string of the molecule is O=S(=O)(Nc1cc(Cl)cc(Cl)c1)c1ccc(Cl)cc1. The van der Waals surface area contributed by atoms with Gasteiger partial charge in [-0.1, -0.05) is 34.8 Å². The van der Waals surface area contributed by atoms with E-state index in [-0.39, 0.29) is 4.90 Å². The van der Waals surface area contributed by atoms with Crippen LogP contribution in [0.5, 0.6) is 0 Å². The first kappa shape index (κ1) is 14.5. The zero-order chi connectivity index (χ0) is 14.0. The molecule has 0 bridgehead atoms. The van der Waals surface area contributed by atoms with Crippen molar-refractivity contribution in [3.05, 3.63) is 57.5 Å². The summed E-state index contributed by atoms with van der Waals surface area (Å²) in [5.74, 6) is 0. The molecule has 0 atom stereocenters. The van der Waals surface area contributed by atoms with Crippen LogP contribution in [0, 0.1) is 0 Å². The normalized spacial score (nSPS) is 11.3. The Balaban J connectivity index is 2.33. The third-order valence-electron chi connectivity index (χ3n) is 2.24. The van der Waals surface area contributed by atoms with Crippen LogP contribution in [-0.2, 0) is 10.0 Å². The first-order valence-electron chi connectivity index (χ1n) is 5.11. The quantitative estimate of drug-likeness (QED) is 0.900. The van der Waals surface area contributed by atoms with Crippen molar-refractivity contribution >= 4 is 50.5 Å². The van der Waals surface area contributed by atoms with Gasteiger partial charge in [0, 0.05) is 15.1 Å². The Morgan fingerprint density at radius 2 is 1.32 bits per heavy atom. The predicted octanol–water partition coefficient (Wildman–Crippen LogP) is 4.45. The molecular weight excluding hydrogens is 329 g/mol. The van der Waals surface area contributed by atoms with E-state index in [1.165, 1.54) is 42.5 Å². The predicted molar refractivity (Wildman–Crippen MR) is 78.7 cm³/mol. The number of benzene rings is 2. The summed E-state index contributed by atoms with van der Waals surface area (Å²) in [6.45, 7) is 0. The van der Waals surface area contributed by atoms with Crippen LogP contribution in [0.1, 0.15) is 0 Å². The Labute approximate surface area is 126 Å². The number of hydrogen-bond donors (Lipinski definition) is 1. The van der Waals surface area contributed by atoms with Crippen molar-refractivity contribution in [2.45, 2.75) is 4.90 Å². The minimum Gasteiger partial charge on any atom is -0.280 e. The monoisotopic (exact) mass is 335 g/mol. The summed E-state index contributed by atoms with van der Waals surface area (Å²) >= 11 is 17.3. The molecule has 7 heteroatoms. The molecule has 0 aliphatic carbocycles.